The summed E-state index contributed by atoms with van der Waals surface area (Å²) in [5.74, 6) is -0.297. The van der Waals surface area contributed by atoms with E-state index in [1.165, 1.54) is 4.90 Å². The van der Waals surface area contributed by atoms with Gasteiger partial charge in [-0.1, -0.05) is 31.2 Å². The van der Waals surface area contributed by atoms with Crippen LogP contribution in [0, 0.1) is 19.8 Å². The maximum absolute atomic E-state index is 13.6. The monoisotopic (exact) mass is 514 g/mol. The Hall–Kier alpha value is -3.78. The number of nitrogens with one attached hydrogen (secondary N) is 1. The topological polar surface area (TPSA) is 74.7 Å². The zero-order valence-corrected chi connectivity index (χ0v) is 22.1. The molecule has 0 radical (unpaired) electrons. The smallest absolute Gasteiger partial charge is 0.270 e. The number of rotatable bonds is 4. The van der Waals surface area contributed by atoms with E-state index in [1.54, 1.807) is 6.08 Å². The Bertz CT molecular complexity index is 1440. The third-order valence-electron chi connectivity index (χ3n) is 7.13. The molecule has 2 saturated heterocycles. The van der Waals surface area contributed by atoms with Crippen LogP contribution in [0.15, 0.2) is 54.2 Å². The number of carbonyl (C=O) groups is 3. The Kier molecular flexibility index (Phi) is 6.69. The van der Waals surface area contributed by atoms with E-state index in [0.29, 0.717) is 17.2 Å². The van der Waals surface area contributed by atoms with E-state index in [2.05, 4.69) is 12.2 Å². The molecular formula is C29H30N4O3S. The molecule has 37 heavy (non-hydrogen) atoms. The van der Waals surface area contributed by atoms with E-state index in [-0.39, 0.29) is 23.1 Å². The third kappa shape index (κ3) is 4.93. The Balaban J connectivity index is 1.49. The summed E-state index contributed by atoms with van der Waals surface area (Å²) in [5, 5.41) is 3.58. The molecule has 2 aromatic carbocycles. The number of amides is 3. The number of aromatic nitrogens is 1. The highest BCUT2D eigenvalue weighted by Gasteiger charge is 2.35. The van der Waals surface area contributed by atoms with Crippen molar-refractivity contribution >= 4 is 57.7 Å². The second kappa shape index (κ2) is 9.94. The molecule has 190 valence electrons. The van der Waals surface area contributed by atoms with Gasteiger partial charge in [-0.15, -0.1) is 0 Å². The molecule has 0 unspecified atom stereocenters. The Morgan fingerprint density at radius 3 is 2.46 bits per heavy atom. The first-order valence-electron chi connectivity index (χ1n) is 12.6. The van der Waals surface area contributed by atoms with Crippen LogP contribution >= 0.6 is 12.2 Å². The first-order chi connectivity index (χ1) is 17.7. The fourth-order valence-electron chi connectivity index (χ4n) is 5.15. The number of carbonyl (C=O) groups excluding carboxylic acids is 3. The highest BCUT2D eigenvalue weighted by atomic mass is 32.1. The molecule has 5 rings (SSSR count). The number of para-hydroxylation sites is 1. The number of aryl methyl sites for hydroxylation is 2. The summed E-state index contributed by atoms with van der Waals surface area (Å²) in [5.41, 5.74) is 4.16. The summed E-state index contributed by atoms with van der Waals surface area (Å²) in [6, 6.07) is 13.4. The van der Waals surface area contributed by atoms with Crippen LogP contribution in [-0.4, -0.2) is 45.4 Å². The van der Waals surface area contributed by atoms with E-state index in [1.807, 2.05) is 72.0 Å². The third-order valence-corrected chi connectivity index (χ3v) is 7.41. The minimum Gasteiger partial charge on any atom is -0.341 e. The molecular weight excluding hydrogens is 484 g/mol. The van der Waals surface area contributed by atoms with Crippen molar-refractivity contribution in [1.82, 2.24) is 14.8 Å². The van der Waals surface area contributed by atoms with Crippen LogP contribution in [0.5, 0.6) is 0 Å². The number of hydrogen-bond donors (Lipinski definition) is 1. The van der Waals surface area contributed by atoms with Gasteiger partial charge in [0.2, 0.25) is 5.91 Å². The molecule has 8 heteroatoms. The summed E-state index contributed by atoms with van der Waals surface area (Å²) in [7, 11) is 0. The van der Waals surface area contributed by atoms with Crippen molar-refractivity contribution in [2.24, 2.45) is 5.92 Å². The van der Waals surface area contributed by atoms with E-state index in [4.69, 9.17) is 12.2 Å². The number of piperidine rings is 1. The van der Waals surface area contributed by atoms with Crippen molar-refractivity contribution in [3.63, 3.8) is 0 Å². The molecule has 0 atom stereocenters. The predicted molar refractivity (Wildman–Crippen MR) is 149 cm³/mol. The summed E-state index contributed by atoms with van der Waals surface area (Å²) in [4.78, 5) is 42.8. The lowest BCUT2D eigenvalue weighted by molar-refractivity contribution is -0.133. The molecule has 0 spiro atoms. The van der Waals surface area contributed by atoms with Crippen LogP contribution in [-0.2, 0) is 20.9 Å². The first kappa shape index (κ1) is 24.9. The molecule has 0 bridgehead atoms. The Morgan fingerprint density at radius 1 is 1.08 bits per heavy atom. The zero-order chi connectivity index (χ0) is 26.3. The van der Waals surface area contributed by atoms with Crippen LogP contribution < -0.4 is 10.2 Å². The summed E-state index contributed by atoms with van der Waals surface area (Å²) in [6.45, 7) is 7.88. The number of anilines is 1. The number of likely N-dealkylation sites (tertiary alicyclic amines) is 1. The number of hydrogen-bond acceptors (Lipinski definition) is 4. The van der Waals surface area contributed by atoms with Crippen LogP contribution in [0.4, 0.5) is 5.69 Å². The van der Waals surface area contributed by atoms with Gasteiger partial charge in [-0.25, -0.2) is 0 Å². The second-order valence-corrected chi connectivity index (χ2v) is 10.5. The van der Waals surface area contributed by atoms with Gasteiger partial charge in [0, 0.05) is 35.8 Å². The summed E-state index contributed by atoms with van der Waals surface area (Å²) in [6.07, 6.45) is 5.48. The minimum atomic E-state index is -0.536. The van der Waals surface area contributed by atoms with Crippen LogP contribution in [0.3, 0.4) is 0 Å². The zero-order valence-electron chi connectivity index (χ0n) is 21.3. The molecule has 2 fully saturated rings. The molecule has 3 amide bonds. The summed E-state index contributed by atoms with van der Waals surface area (Å²) < 4.78 is 1.90. The molecule has 3 heterocycles. The average molecular weight is 515 g/mol. The molecule has 2 aliphatic rings. The quantitative estimate of drug-likeness (QED) is 0.319. The molecule has 1 N–H and O–H groups in total. The predicted octanol–water partition coefficient (Wildman–Crippen LogP) is 4.35. The second-order valence-electron chi connectivity index (χ2n) is 10.1. The molecule has 2 aliphatic heterocycles. The van der Waals surface area contributed by atoms with Crippen LogP contribution in [0.25, 0.3) is 17.0 Å². The maximum Gasteiger partial charge on any atom is 0.270 e. The molecule has 7 nitrogen and oxygen atoms in total. The highest BCUT2D eigenvalue weighted by molar-refractivity contribution is 7.80. The van der Waals surface area contributed by atoms with Crippen molar-refractivity contribution < 1.29 is 14.4 Å². The lowest BCUT2D eigenvalue weighted by Crippen LogP contribution is -2.54. The number of fused-ring (bicyclic) bond motifs is 1. The Labute approximate surface area is 221 Å². The van der Waals surface area contributed by atoms with E-state index in [9.17, 15) is 14.4 Å². The van der Waals surface area contributed by atoms with Crippen molar-refractivity contribution in [3.8, 4) is 0 Å². The Morgan fingerprint density at radius 2 is 1.76 bits per heavy atom. The van der Waals surface area contributed by atoms with Gasteiger partial charge >= 0.3 is 0 Å². The van der Waals surface area contributed by atoms with E-state index in [0.717, 1.165) is 48.0 Å². The van der Waals surface area contributed by atoms with Gasteiger partial charge in [0.05, 0.1) is 5.69 Å². The van der Waals surface area contributed by atoms with Gasteiger partial charge in [-0.3, -0.25) is 24.6 Å². The molecule has 0 saturated carbocycles. The SMILES string of the molecule is Cc1cc(C)cc(N2C(=O)C(=Cc3cn(CC(=O)N4CCC(C)CC4)c4ccccc34)C(=O)NC2=S)c1. The fraction of sp³-hybridized carbons (Fsp3) is 0.310. The minimum absolute atomic E-state index is 0.00740. The van der Waals surface area contributed by atoms with Gasteiger partial charge in [0.1, 0.15) is 12.1 Å². The number of thiocarbonyl (C=S) groups is 1. The maximum atomic E-state index is 13.6. The van der Waals surface area contributed by atoms with E-state index >= 15 is 0 Å². The van der Waals surface area contributed by atoms with Crippen molar-refractivity contribution in [3.05, 3.63) is 70.9 Å². The standard InChI is InChI=1S/C29H30N4O3S/c1-18-8-10-31(11-9-18)26(34)17-32-16-21(23-6-4-5-7-25(23)32)15-24-27(35)30-29(37)33(28(24)36)22-13-19(2)12-20(3)14-22/h4-7,12-16,18H,8-11,17H2,1-3H3,(H,30,35,37). The number of benzene rings is 2. The van der Waals surface area contributed by atoms with Crippen LogP contribution in [0.2, 0.25) is 0 Å². The van der Waals surface area contributed by atoms with Crippen LogP contribution in [0.1, 0.15) is 36.5 Å². The molecule has 1 aromatic heterocycles. The largest absolute Gasteiger partial charge is 0.341 e. The lowest BCUT2D eigenvalue weighted by atomic mass is 9.99. The normalized spacial score (nSPS) is 18.1. The van der Waals surface area contributed by atoms with E-state index < -0.39 is 11.8 Å². The van der Waals surface area contributed by atoms with Crippen molar-refractivity contribution in [2.45, 2.75) is 40.2 Å². The van der Waals surface area contributed by atoms with Gasteiger partial charge in [0.15, 0.2) is 5.11 Å². The van der Waals surface area contributed by atoms with Gasteiger partial charge in [-0.05, 0) is 80.2 Å². The summed E-state index contributed by atoms with van der Waals surface area (Å²) >= 11 is 5.36. The van der Waals surface area contributed by atoms with Gasteiger partial charge in [-0.2, -0.15) is 0 Å². The average Bonchev–Trinajstić information content (AvgIpc) is 3.18. The lowest BCUT2D eigenvalue weighted by Gasteiger charge is -2.30. The molecule has 3 aromatic rings. The van der Waals surface area contributed by atoms with Crippen molar-refractivity contribution in [2.75, 3.05) is 18.0 Å². The molecule has 0 aliphatic carbocycles. The first-order valence-corrected chi connectivity index (χ1v) is 13.0. The van der Waals surface area contributed by atoms with Gasteiger partial charge < -0.3 is 9.47 Å². The number of nitrogens with zero attached hydrogens (tertiary/aromatic N) is 3. The van der Waals surface area contributed by atoms with Crippen molar-refractivity contribution in [1.29, 1.82) is 0 Å². The fourth-order valence-corrected chi connectivity index (χ4v) is 5.43. The van der Waals surface area contributed by atoms with Gasteiger partial charge in [0.25, 0.3) is 11.8 Å². The highest BCUT2D eigenvalue weighted by Crippen LogP contribution is 2.28.